The average molecular weight is 227 g/mol. The molecule has 0 aliphatic heterocycles. The van der Waals surface area contributed by atoms with E-state index < -0.39 is 0 Å². The van der Waals surface area contributed by atoms with Crippen LogP contribution >= 0.6 is 0 Å². The van der Waals surface area contributed by atoms with Crippen molar-refractivity contribution < 1.29 is 9.84 Å². The van der Waals surface area contributed by atoms with E-state index >= 15 is 0 Å². The molecule has 5 heteroatoms. The first-order valence-electron chi connectivity index (χ1n) is 5.52. The van der Waals surface area contributed by atoms with Crippen LogP contribution < -0.4 is 0 Å². The van der Waals surface area contributed by atoms with Crippen LogP contribution in [0, 0.1) is 0 Å². The zero-order valence-electron chi connectivity index (χ0n) is 10.3. The van der Waals surface area contributed by atoms with E-state index in [1.54, 1.807) is 0 Å². The van der Waals surface area contributed by atoms with Crippen LogP contribution in [0.25, 0.3) is 0 Å². The van der Waals surface area contributed by atoms with Crippen LogP contribution in [-0.4, -0.2) is 53.2 Å². The topological polar surface area (TPSA) is 50.5 Å². The van der Waals surface area contributed by atoms with Crippen molar-refractivity contribution in [2.24, 2.45) is 7.05 Å². The van der Waals surface area contributed by atoms with Crippen LogP contribution in [0.1, 0.15) is 18.5 Å². The first-order chi connectivity index (χ1) is 7.65. The molecule has 0 radical (unpaired) electrons. The van der Waals surface area contributed by atoms with Crippen molar-refractivity contribution in [3.8, 4) is 0 Å². The van der Waals surface area contributed by atoms with Crippen molar-refractivity contribution in [3.63, 3.8) is 0 Å². The molecule has 0 aliphatic rings. The van der Waals surface area contributed by atoms with Gasteiger partial charge in [0.05, 0.1) is 26.0 Å². The predicted octanol–water partition coefficient (Wildman–Crippen LogP) is 0.422. The number of nitrogens with zero attached hydrogens (tertiary/aromatic N) is 3. The largest absolute Gasteiger partial charge is 0.394 e. The number of aromatic nitrogens is 2. The Bertz CT molecular complexity index is 301. The Labute approximate surface area is 96.6 Å². The van der Waals surface area contributed by atoms with E-state index in [9.17, 15) is 0 Å². The summed E-state index contributed by atoms with van der Waals surface area (Å²) in [4.78, 5) is 2.20. The Kier molecular flexibility index (Phi) is 5.45. The Balaban J connectivity index is 2.33. The molecule has 0 fully saturated rings. The van der Waals surface area contributed by atoms with Gasteiger partial charge in [-0.05, 0) is 14.0 Å². The highest BCUT2D eigenvalue weighted by molar-refractivity contribution is 5.08. The van der Waals surface area contributed by atoms with E-state index in [2.05, 4.69) is 24.0 Å². The maximum atomic E-state index is 8.57. The molecule has 1 heterocycles. The molecule has 1 atom stereocenters. The van der Waals surface area contributed by atoms with Crippen molar-refractivity contribution in [2.45, 2.75) is 13.0 Å². The number of aliphatic hydroxyl groups excluding tert-OH is 1. The molecule has 0 bridgehead atoms. The summed E-state index contributed by atoms with van der Waals surface area (Å²) in [6.45, 7) is 4.12. The third kappa shape index (κ3) is 3.92. The van der Waals surface area contributed by atoms with Gasteiger partial charge in [0.2, 0.25) is 0 Å². The normalized spacial score (nSPS) is 13.3. The minimum Gasteiger partial charge on any atom is -0.394 e. The van der Waals surface area contributed by atoms with Crippen LogP contribution in [0.3, 0.4) is 0 Å². The quantitative estimate of drug-likeness (QED) is 0.686. The fourth-order valence-corrected chi connectivity index (χ4v) is 1.48. The van der Waals surface area contributed by atoms with Crippen LogP contribution in [0.2, 0.25) is 0 Å². The molecular weight excluding hydrogens is 206 g/mol. The van der Waals surface area contributed by atoms with Crippen molar-refractivity contribution in [1.82, 2.24) is 14.7 Å². The molecule has 0 saturated heterocycles. The molecule has 92 valence electrons. The number of aryl methyl sites for hydroxylation is 1. The van der Waals surface area contributed by atoms with E-state index in [0.717, 1.165) is 6.54 Å². The van der Waals surface area contributed by atoms with Crippen LogP contribution in [-0.2, 0) is 11.8 Å². The smallest absolute Gasteiger partial charge is 0.0698 e. The SMILES string of the molecule is CC(c1cnn(C)c1)N(C)CCOCCO. The third-order valence-corrected chi connectivity index (χ3v) is 2.69. The maximum Gasteiger partial charge on any atom is 0.0698 e. The summed E-state index contributed by atoms with van der Waals surface area (Å²) < 4.78 is 7.04. The molecule has 1 unspecified atom stereocenters. The average Bonchev–Trinajstić information content (AvgIpc) is 2.70. The molecule has 0 aliphatic carbocycles. The van der Waals surface area contributed by atoms with Gasteiger partial charge in [0.25, 0.3) is 0 Å². The lowest BCUT2D eigenvalue weighted by Crippen LogP contribution is -2.26. The van der Waals surface area contributed by atoms with E-state index in [1.165, 1.54) is 5.56 Å². The van der Waals surface area contributed by atoms with Crippen LogP contribution in [0.5, 0.6) is 0 Å². The Morgan fingerprint density at radius 3 is 2.88 bits per heavy atom. The number of rotatable bonds is 7. The number of hydrogen-bond donors (Lipinski definition) is 1. The van der Waals surface area contributed by atoms with Gasteiger partial charge in [-0.15, -0.1) is 0 Å². The summed E-state index contributed by atoms with van der Waals surface area (Å²) in [6.07, 6.45) is 3.91. The van der Waals surface area contributed by atoms with E-state index in [-0.39, 0.29) is 6.61 Å². The first kappa shape index (κ1) is 13.2. The van der Waals surface area contributed by atoms with Gasteiger partial charge in [-0.2, -0.15) is 5.10 Å². The zero-order valence-corrected chi connectivity index (χ0v) is 10.3. The molecule has 1 aromatic rings. The van der Waals surface area contributed by atoms with Crippen LogP contribution in [0.15, 0.2) is 12.4 Å². The second-order valence-electron chi connectivity index (χ2n) is 3.94. The highest BCUT2D eigenvalue weighted by Crippen LogP contribution is 2.16. The highest BCUT2D eigenvalue weighted by atomic mass is 16.5. The van der Waals surface area contributed by atoms with E-state index in [0.29, 0.717) is 19.3 Å². The van der Waals surface area contributed by atoms with E-state index in [4.69, 9.17) is 9.84 Å². The van der Waals surface area contributed by atoms with Gasteiger partial charge in [0, 0.05) is 31.4 Å². The Morgan fingerprint density at radius 1 is 1.56 bits per heavy atom. The summed E-state index contributed by atoms with van der Waals surface area (Å²) in [5.74, 6) is 0. The lowest BCUT2D eigenvalue weighted by molar-refractivity contribution is 0.0719. The predicted molar refractivity (Wildman–Crippen MR) is 62.2 cm³/mol. The van der Waals surface area contributed by atoms with Gasteiger partial charge in [-0.1, -0.05) is 0 Å². The van der Waals surface area contributed by atoms with Gasteiger partial charge in [0.15, 0.2) is 0 Å². The van der Waals surface area contributed by atoms with E-state index in [1.807, 2.05) is 24.1 Å². The van der Waals surface area contributed by atoms with Crippen molar-refractivity contribution in [1.29, 1.82) is 0 Å². The van der Waals surface area contributed by atoms with Crippen molar-refractivity contribution in [3.05, 3.63) is 18.0 Å². The van der Waals surface area contributed by atoms with Crippen molar-refractivity contribution in [2.75, 3.05) is 33.4 Å². The summed E-state index contributed by atoms with van der Waals surface area (Å²) in [5, 5.41) is 12.7. The van der Waals surface area contributed by atoms with Gasteiger partial charge >= 0.3 is 0 Å². The van der Waals surface area contributed by atoms with Gasteiger partial charge in [-0.3, -0.25) is 9.58 Å². The third-order valence-electron chi connectivity index (χ3n) is 2.69. The second-order valence-corrected chi connectivity index (χ2v) is 3.94. The second kappa shape index (κ2) is 6.62. The number of hydrogen-bond acceptors (Lipinski definition) is 4. The van der Waals surface area contributed by atoms with Gasteiger partial charge in [-0.25, -0.2) is 0 Å². The zero-order chi connectivity index (χ0) is 12.0. The molecule has 1 N–H and O–H groups in total. The minimum atomic E-state index is 0.0852. The summed E-state index contributed by atoms with van der Waals surface area (Å²) in [5.41, 5.74) is 1.20. The summed E-state index contributed by atoms with van der Waals surface area (Å²) in [6, 6.07) is 0.325. The Hall–Kier alpha value is -0.910. The van der Waals surface area contributed by atoms with Crippen molar-refractivity contribution >= 4 is 0 Å². The highest BCUT2D eigenvalue weighted by Gasteiger charge is 2.12. The summed E-state index contributed by atoms with van der Waals surface area (Å²) >= 11 is 0. The molecule has 1 rings (SSSR count). The standard InChI is InChI=1S/C11H21N3O2/c1-10(11-8-12-14(3)9-11)13(2)4-6-16-7-5-15/h8-10,15H,4-7H2,1-3H3. The lowest BCUT2D eigenvalue weighted by Gasteiger charge is -2.23. The first-order valence-corrected chi connectivity index (χ1v) is 5.52. The van der Waals surface area contributed by atoms with Gasteiger partial charge < -0.3 is 9.84 Å². The molecule has 16 heavy (non-hydrogen) atoms. The number of ether oxygens (including phenoxy) is 1. The van der Waals surface area contributed by atoms with Gasteiger partial charge in [0.1, 0.15) is 0 Å². The van der Waals surface area contributed by atoms with Crippen LogP contribution in [0.4, 0.5) is 0 Å². The maximum absolute atomic E-state index is 8.57. The molecule has 1 aromatic heterocycles. The minimum absolute atomic E-state index is 0.0852. The molecule has 5 nitrogen and oxygen atoms in total. The molecule has 0 amide bonds. The molecule has 0 spiro atoms. The molecular formula is C11H21N3O2. The number of aliphatic hydroxyl groups is 1. The fourth-order valence-electron chi connectivity index (χ4n) is 1.48. The fraction of sp³-hybridized carbons (Fsp3) is 0.727. The summed E-state index contributed by atoms with van der Waals surface area (Å²) in [7, 11) is 3.97. The lowest BCUT2D eigenvalue weighted by atomic mass is 10.2. The number of likely N-dealkylation sites (N-methyl/N-ethyl adjacent to an activating group) is 1. The monoisotopic (exact) mass is 227 g/mol. The Morgan fingerprint density at radius 2 is 2.31 bits per heavy atom. The molecule has 0 aromatic carbocycles. The molecule has 0 saturated carbocycles.